The number of anilines is 1. The van der Waals surface area contributed by atoms with Crippen molar-refractivity contribution < 1.29 is 4.79 Å². The van der Waals surface area contributed by atoms with Gasteiger partial charge in [-0.2, -0.15) is 0 Å². The highest BCUT2D eigenvalue weighted by atomic mass is 35.5. The van der Waals surface area contributed by atoms with Crippen molar-refractivity contribution in [3.05, 3.63) is 59.1 Å². The van der Waals surface area contributed by atoms with Gasteiger partial charge >= 0.3 is 0 Å². The molecule has 0 amide bonds. The van der Waals surface area contributed by atoms with Crippen molar-refractivity contribution in [3.8, 4) is 0 Å². The number of rotatable bonds is 3. The smallest absolute Gasteiger partial charge is 0.198 e. The van der Waals surface area contributed by atoms with Crippen molar-refractivity contribution in [2.45, 2.75) is 11.3 Å². The molecule has 2 aromatic carbocycles. The summed E-state index contributed by atoms with van der Waals surface area (Å²) in [4.78, 5) is 12.8. The van der Waals surface area contributed by atoms with Gasteiger partial charge in [0.05, 0.1) is 0 Å². The van der Waals surface area contributed by atoms with E-state index in [2.05, 4.69) is 0 Å². The molecule has 4 heteroatoms. The van der Waals surface area contributed by atoms with Crippen LogP contribution in [0.5, 0.6) is 0 Å². The number of hydrogen-bond acceptors (Lipinski definition) is 3. The molecule has 0 aliphatic carbocycles. The molecule has 92 valence electrons. The van der Waals surface area contributed by atoms with Crippen LogP contribution < -0.4 is 5.73 Å². The Bertz CT molecular complexity index is 487. The van der Waals surface area contributed by atoms with E-state index in [0.29, 0.717) is 17.1 Å². The molecule has 2 rings (SSSR count). The lowest BCUT2D eigenvalue weighted by Crippen LogP contribution is -1.97. The molecule has 0 atom stereocenters. The summed E-state index contributed by atoms with van der Waals surface area (Å²) in [7, 11) is 0. The average Bonchev–Trinajstić information content (AvgIpc) is 2.35. The van der Waals surface area contributed by atoms with Crippen molar-refractivity contribution >= 4 is 34.2 Å². The van der Waals surface area contributed by atoms with Crippen LogP contribution in [0.2, 0.25) is 5.02 Å². The Morgan fingerprint density at radius 2 is 1.67 bits per heavy atom. The van der Waals surface area contributed by atoms with Crippen molar-refractivity contribution in [1.29, 1.82) is 0 Å². The second-order valence-electron chi connectivity index (χ2n) is 3.85. The first-order valence-electron chi connectivity index (χ1n) is 5.44. The highest BCUT2D eigenvalue weighted by Gasteiger charge is 2.06. The zero-order valence-electron chi connectivity index (χ0n) is 9.60. The molecule has 0 aliphatic rings. The molecule has 2 nitrogen and oxygen atoms in total. The summed E-state index contributed by atoms with van der Waals surface area (Å²) in [6, 6.07) is 14.6. The monoisotopic (exact) mass is 277 g/mol. The van der Waals surface area contributed by atoms with Gasteiger partial charge in [0.15, 0.2) is 5.12 Å². The lowest BCUT2D eigenvalue weighted by molar-refractivity contribution is -0.110. The highest BCUT2D eigenvalue weighted by molar-refractivity contribution is 8.13. The molecule has 0 saturated heterocycles. The van der Waals surface area contributed by atoms with Crippen molar-refractivity contribution in [2.75, 3.05) is 5.73 Å². The standard InChI is InChI=1S/C14H12ClNOS/c15-11-3-7-13(8-4-11)18-14(17)9-10-1-5-12(16)6-2-10/h1-8H,9,16H2. The van der Waals surface area contributed by atoms with Gasteiger partial charge in [0.25, 0.3) is 0 Å². The van der Waals surface area contributed by atoms with Crippen LogP contribution in [-0.2, 0) is 11.2 Å². The number of thioether (sulfide) groups is 1. The molecule has 0 spiro atoms. The van der Waals surface area contributed by atoms with Crippen LogP contribution in [0.4, 0.5) is 5.69 Å². The maximum absolute atomic E-state index is 11.9. The van der Waals surface area contributed by atoms with Crippen molar-refractivity contribution in [2.24, 2.45) is 0 Å². The van der Waals surface area contributed by atoms with Crippen LogP contribution in [0.15, 0.2) is 53.4 Å². The predicted octanol–water partition coefficient (Wildman–Crippen LogP) is 3.78. The van der Waals surface area contributed by atoms with E-state index in [1.54, 1.807) is 24.3 Å². The molecule has 0 heterocycles. The number of nitrogen functional groups attached to an aromatic ring is 1. The Hall–Kier alpha value is -1.45. The number of carbonyl (C=O) groups excluding carboxylic acids is 1. The number of carbonyl (C=O) groups is 1. The van der Waals surface area contributed by atoms with Gasteiger partial charge in [-0.3, -0.25) is 4.79 Å². The van der Waals surface area contributed by atoms with Gasteiger partial charge in [-0.25, -0.2) is 0 Å². The van der Waals surface area contributed by atoms with Gasteiger partial charge in [0, 0.05) is 22.0 Å². The number of nitrogens with two attached hydrogens (primary N) is 1. The molecular weight excluding hydrogens is 266 g/mol. The quantitative estimate of drug-likeness (QED) is 0.686. The van der Waals surface area contributed by atoms with Crippen LogP contribution in [0.1, 0.15) is 5.56 Å². The molecule has 0 bridgehead atoms. The maximum Gasteiger partial charge on any atom is 0.198 e. The van der Waals surface area contributed by atoms with E-state index in [-0.39, 0.29) is 5.12 Å². The minimum Gasteiger partial charge on any atom is -0.399 e. The van der Waals surface area contributed by atoms with Crippen LogP contribution in [0, 0.1) is 0 Å². The van der Waals surface area contributed by atoms with Gasteiger partial charge in [0.2, 0.25) is 0 Å². The molecule has 0 aliphatic heterocycles. The van der Waals surface area contributed by atoms with E-state index in [9.17, 15) is 4.79 Å². The second kappa shape index (κ2) is 5.94. The van der Waals surface area contributed by atoms with E-state index in [0.717, 1.165) is 10.5 Å². The summed E-state index contributed by atoms with van der Waals surface area (Å²) in [6.45, 7) is 0. The number of hydrogen-bond donors (Lipinski definition) is 1. The Kier molecular flexibility index (Phi) is 4.28. The Morgan fingerprint density at radius 1 is 1.06 bits per heavy atom. The zero-order valence-corrected chi connectivity index (χ0v) is 11.2. The largest absolute Gasteiger partial charge is 0.399 e. The minimum atomic E-state index is 0.0992. The zero-order chi connectivity index (χ0) is 13.0. The first-order valence-corrected chi connectivity index (χ1v) is 6.63. The van der Waals surface area contributed by atoms with Crippen molar-refractivity contribution in [1.82, 2.24) is 0 Å². The fourth-order valence-electron chi connectivity index (χ4n) is 1.47. The third-order valence-corrected chi connectivity index (χ3v) is 3.51. The summed E-state index contributed by atoms with van der Waals surface area (Å²) in [5.74, 6) is 0. The van der Waals surface area contributed by atoms with E-state index in [4.69, 9.17) is 17.3 Å². The normalized spacial score (nSPS) is 10.3. The molecule has 0 aromatic heterocycles. The van der Waals surface area contributed by atoms with Crippen LogP contribution >= 0.6 is 23.4 Å². The molecular formula is C14H12ClNOS. The van der Waals surface area contributed by atoms with Gasteiger partial charge in [-0.15, -0.1) is 0 Å². The maximum atomic E-state index is 11.9. The topological polar surface area (TPSA) is 43.1 Å². The summed E-state index contributed by atoms with van der Waals surface area (Å²) >= 11 is 7.01. The molecule has 0 unspecified atom stereocenters. The van der Waals surface area contributed by atoms with Gasteiger partial charge in [-0.05, 0) is 42.0 Å². The summed E-state index contributed by atoms with van der Waals surface area (Å²) in [6.07, 6.45) is 0.396. The molecule has 2 N–H and O–H groups in total. The first kappa shape index (κ1) is 13.0. The fraction of sp³-hybridized carbons (Fsp3) is 0.0714. The van der Waals surface area contributed by atoms with E-state index < -0.39 is 0 Å². The van der Waals surface area contributed by atoms with Crippen LogP contribution in [0.25, 0.3) is 0 Å². The molecule has 0 fully saturated rings. The number of halogens is 1. The Balaban J connectivity index is 1.96. The summed E-state index contributed by atoms with van der Waals surface area (Å²) in [5, 5.41) is 0.771. The van der Waals surface area contributed by atoms with Crippen LogP contribution in [-0.4, -0.2) is 5.12 Å². The van der Waals surface area contributed by atoms with Gasteiger partial charge in [0.1, 0.15) is 0 Å². The van der Waals surface area contributed by atoms with E-state index in [1.807, 2.05) is 24.3 Å². The third kappa shape index (κ3) is 3.79. The summed E-state index contributed by atoms with van der Waals surface area (Å²) < 4.78 is 0. The lowest BCUT2D eigenvalue weighted by Gasteiger charge is -2.02. The van der Waals surface area contributed by atoms with E-state index in [1.165, 1.54) is 11.8 Å². The van der Waals surface area contributed by atoms with Gasteiger partial charge < -0.3 is 5.73 Å². The van der Waals surface area contributed by atoms with E-state index >= 15 is 0 Å². The molecule has 18 heavy (non-hydrogen) atoms. The molecule has 0 saturated carbocycles. The fourth-order valence-corrected chi connectivity index (χ4v) is 2.37. The molecule has 2 aromatic rings. The minimum absolute atomic E-state index is 0.0992. The number of benzene rings is 2. The SMILES string of the molecule is Nc1ccc(CC(=O)Sc2ccc(Cl)cc2)cc1. The Morgan fingerprint density at radius 3 is 2.28 bits per heavy atom. The predicted molar refractivity (Wildman–Crippen MR) is 76.9 cm³/mol. The Labute approximate surface area is 115 Å². The molecule has 0 radical (unpaired) electrons. The van der Waals surface area contributed by atoms with Crippen LogP contribution in [0.3, 0.4) is 0 Å². The highest BCUT2D eigenvalue weighted by Crippen LogP contribution is 2.22. The van der Waals surface area contributed by atoms with Crippen molar-refractivity contribution in [3.63, 3.8) is 0 Å². The first-order chi connectivity index (χ1) is 8.63. The third-order valence-electron chi connectivity index (χ3n) is 2.37. The lowest BCUT2D eigenvalue weighted by atomic mass is 10.1. The average molecular weight is 278 g/mol. The van der Waals surface area contributed by atoms with Gasteiger partial charge in [-0.1, -0.05) is 35.5 Å². The summed E-state index contributed by atoms with van der Waals surface area (Å²) in [5.41, 5.74) is 7.27. The second-order valence-corrected chi connectivity index (χ2v) is 5.41.